The van der Waals surface area contributed by atoms with Gasteiger partial charge < -0.3 is 14.6 Å². The van der Waals surface area contributed by atoms with Crippen LogP contribution in [0.3, 0.4) is 0 Å². The Morgan fingerprint density at radius 1 is 1.13 bits per heavy atom. The molecule has 4 aromatic rings. The molecule has 0 aliphatic heterocycles. The summed E-state index contributed by atoms with van der Waals surface area (Å²) in [6, 6.07) is 10.4. The number of halogens is 1. The van der Waals surface area contributed by atoms with Crippen molar-refractivity contribution in [1.82, 2.24) is 19.9 Å². The monoisotopic (exact) mass is 423 g/mol. The Morgan fingerprint density at radius 2 is 1.83 bits per heavy atom. The first kappa shape index (κ1) is 19.7. The van der Waals surface area contributed by atoms with E-state index in [1.165, 1.54) is 0 Å². The molecule has 0 spiro atoms. The number of carbonyl (C=O) groups excluding carboxylic acids is 1. The summed E-state index contributed by atoms with van der Waals surface area (Å²) in [6.45, 7) is 3.50. The number of nitrogens with one attached hydrogen (secondary N) is 1. The second-order valence-electron chi connectivity index (χ2n) is 6.60. The molecule has 1 aromatic carbocycles. The van der Waals surface area contributed by atoms with Crippen LogP contribution >= 0.6 is 11.6 Å². The lowest BCUT2D eigenvalue weighted by atomic mass is 10.1. The van der Waals surface area contributed by atoms with E-state index in [2.05, 4.69) is 20.6 Å². The van der Waals surface area contributed by atoms with Crippen molar-refractivity contribution >= 4 is 23.2 Å². The van der Waals surface area contributed by atoms with E-state index in [1.54, 1.807) is 67.4 Å². The molecule has 0 aliphatic rings. The molecule has 0 saturated carbocycles. The van der Waals surface area contributed by atoms with Gasteiger partial charge in [0.15, 0.2) is 0 Å². The van der Waals surface area contributed by atoms with Gasteiger partial charge in [-0.05, 0) is 50.2 Å². The molecule has 9 heteroatoms. The average molecular weight is 424 g/mol. The van der Waals surface area contributed by atoms with E-state index >= 15 is 0 Å². The van der Waals surface area contributed by atoms with Crippen LogP contribution in [0.25, 0.3) is 11.3 Å². The Hall–Kier alpha value is -3.65. The molecule has 0 radical (unpaired) electrons. The number of hydrogen-bond acceptors (Lipinski definition) is 6. The molecule has 0 atom stereocenters. The molecule has 3 aromatic heterocycles. The topological polar surface area (TPSA) is 95.1 Å². The van der Waals surface area contributed by atoms with Crippen LogP contribution in [-0.4, -0.2) is 25.8 Å². The fourth-order valence-corrected chi connectivity index (χ4v) is 3.21. The van der Waals surface area contributed by atoms with Gasteiger partial charge in [0, 0.05) is 30.2 Å². The number of ether oxygens (including phenoxy) is 1. The van der Waals surface area contributed by atoms with Crippen LogP contribution in [0.15, 0.2) is 53.3 Å². The zero-order valence-corrected chi connectivity index (χ0v) is 17.3. The highest BCUT2D eigenvalue weighted by Gasteiger charge is 2.28. The number of rotatable bonds is 5. The Balaban J connectivity index is 1.75. The number of hydrogen-bond donors (Lipinski definition) is 1. The Kier molecular flexibility index (Phi) is 5.24. The van der Waals surface area contributed by atoms with Crippen molar-refractivity contribution in [3.05, 3.63) is 70.8 Å². The molecule has 0 unspecified atom stereocenters. The van der Waals surface area contributed by atoms with Gasteiger partial charge in [-0.2, -0.15) is 5.10 Å². The first-order valence-corrected chi connectivity index (χ1v) is 9.47. The van der Waals surface area contributed by atoms with E-state index in [1.807, 2.05) is 6.92 Å². The van der Waals surface area contributed by atoms with Crippen LogP contribution in [0, 0.1) is 13.8 Å². The summed E-state index contributed by atoms with van der Waals surface area (Å²) in [5, 5.41) is 12.0. The lowest BCUT2D eigenvalue weighted by Crippen LogP contribution is -2.13. The quantitative estimate of drug-likeness (QED) is 0.496. The maximum atomic E-state index is 13.0. The van der Waals surface area contributed by atoms with Gasteiger partial charge in [-0.15, -0.1) is 0 Å². The minimum Gasteiger partial charge on any atom is -0.439 e. The smallest absolute Gasteiger partial charge is 0.261 e. The van der Waals surface area contributed by atoms with Gasteiger partial charge in [0.05, 0.1) is 11.3 Å². The summed E-state index contributed by atoms with van der Waals surface area (Å²) in [5.74, 6) is 1.04. The number of nitrogens with zero attached hydrogens (tertiary/aromatic N) is 4. The molecule has 0 fully saturated rings. The third kappa shape index (κ3) is 3.77. The molecular weight excluding hydrogens is 406 g/mol. The molecule has 1 amide bonds. The summed E-state index contributed by atoms with van der Waals surface area (Å²) < 4.78 is 13.0. The predicted octanol–water partition coefficient (Wildman–Crippen LogP) is 4.78. The summed E-state index contributed by atoms with van der Waals surface area (Å²) in [4.78, 5) is 17.0. The minimum absolute atomic E-state index is 0.309. The summed E-state index contributed by atoms with van der Waals surface area (Å²) >= 11 is 5.96. The number of benzene rings is 1. The molecule has 0 aliphatic carbocycles. The van der Waals surface area contributed by atoms with E-state index in [9.17, 15) is 4.79 Å². The summed E-state index contributed by atoms with van der Waals surface area (Å²) in [7, 11) is 1.76. The Bertz CT molecular complexity index is 1200. The third-order valence-electron chi connectivity index (χ3n) is 4.46. The Morgan fingerprint density at radius 3 is 2.53 bits per heavy atom. The van der Waals surface area contributed by atoms with Crippen molar-refractivity contribution in [1.29, 1.82) is 0 Å². The molecule has 0 saturated heterocycles. The molecule has 30 heavy (non-hydrogen) atoms. The second-order valence-corrected chi connectivity index (χ2v) is 7.03. The van der Waals surface area contributed by atoms with E-state index in [-0.39, 0.29) is 5.91 Å². The van der Waals surface area contributed by atoms with E-state index in [0.29, 0.717) is 50.6 Å². The predicted molar refractivity (Wildman–Crippen MR) is 112 cm³/mol. The number of carbonyl (C=O) groups is 1. The average Bonchev–Trinajstić information content (AvgIpc) is 3.23. The van der Waals surface area contributed by atoms with Crippen molar-refractivity contribution in [2.24, 2.45) is 7.05 Å². The molecular formula is C21H18ClN5O3. The van der Waals surface area contributed by atoms with Gasteiger partial charge in [0.1, 0.15) is 22.8 Å². The van der Waals surface area contributed by atoms with Gasteiger partial charge in [-0.3, -0.25) is 9.78 Å². The highest BCUT2D eigenvalue weighted by Crippen LogP contribution is 2.38. The zero-order chi connectivity index (χ0) is 21.3. The van der Waals surface area contributed by atoms with Gasteiger partial charge in [0.2, 0.25) is 5.88 Å². The van der Waals surface area contributed by atoms with Crippen LogP contribution in [-0.2, 0) is 7.05 Å². The van der Waals surface area contributed by atoms with Crippen LogP contribution in [0.5, 0.6) is 11.6 Å². The summed E-state index contributed by atoms with van der Waals surface area (Å²) in [5.41, 5.74) is 2.50. The number of aryl methyl sites for hydroxylation is 3. The van der Waals surface area contributed by atoms with Gasteiger partial charge in [-0.25, -0.2) is 4.68 Å². The van der Waals surface area contributed by atoms with E-state index in [0.717, 1.165) is 0 Å². The molecule has 0 bridgehead atoms. The first-order chi connectivity index (χ1) is 14.4. The lowest BCUT2D eigenvalue weighted by Gasteiger charge is -2.09. The Labute approximate surface area is 177 Å². The standard InChI is InChI=1S/C21H18ClN5O3/c1-12-17(21(27(3)25-12)29-16-6-4-14(22)5-7-16)19-18(13(2)30-26-19)20(28)24-15-8-10-23-11-9-15/h4-11H,1-3H3,(H,23,24,28). The first-order valence-electron chi connectivity index (χ1n) is 9.09. The number of amides is 1. The van der Waals surface area contributed by atoms with Crippen molar-refractivity contribution < 1.29 is 14.1 Å². The minimum atomic E-state index is -0.351. The highest BCUT2D eigenvalue weighted by atomic mass is 35.5. The van der Waals surface area contributed by atoms with Gasteiger partial charge in [-0.1, -0.05) is 16.8 Å². The molecule has 4 rings (SSSR count). The zero-order valence-electron chi connectivity index (χ0n) is 16.5. The molecule has 1 N–H and O–H groups in total. The molecule has 152 valence electrons. The van der Waals surface area contributed by atoms with Crippen LogP contribution in [0.2, 0.25) is 5.02 Å². The van der Waals surface area contributed by atoms with Crippen LogP contribution < -0.4 is 10.1 Å². The van der Waals surface area contributed by atoms with Gasteiger partial charge in [0.25, 0.3) is 5.91 Å². The fourth-order valence-electron chi connectivity index (χ4n) is 3.08. The lowest BCUT2D eigenvalue weighted by molar-refractivity contribution is 0.102. The van der Waals surface area contributed by atoms with Crippen molar-refractivity contribution in [3.8, 4) is 22.9 Å². The largest absolute Gasteiger partial charge is 0.439 e. The number of anilines is 1. The van der Waals surface area contributed by atoms with Crippen molar-refractivity contribution in [3.63, 3.8) is 0 Å². The third-order valence-corrected chi connectivity index (χ3v) is 4.71. The van der Waals surface area contributed by atoms with Crippen LogP contribution in [0.4, 0.5) is 5.69 Å². The maximum absolute atomic E-state index is 13.0. The van der Waals surface area contributed by atoms with Crippen LogP contribution in [0.1, 0.15) is 21.8 Å². The van der Waals surface area contributed by atoms with Gasteiger partial charge >= 0.3 is 0 Å². The van der Waals surface area contributed by atoms with Crippen molar-refractivity contribution in [2.75, 3.05) is 5.32 Å². The number of pyridine rings is 1. The maximum Gasteiger partial charge on any atom is 0.261 e. The highest BCUT2D eigenvalue weighted by molar-refractivity contribution is 6.30. The number of aromatic nitrogens is 4. The molecule has 3 heterocycles. The van der Waals surface area contributed by atoms with E-state index in [4.69, 9.17) is 20.9 Å². The summed E-state index contributed by atoms with van der Waals surface area (Å²) in [6.07, 6.45) is 3.20. The van der Waals surface area contributed by atoms with Crippen molar-refractivity contribution in [2.45, 2.75) is 13.8 Å². The molecule has 8 nitrogen and oxygen atoms in total. The second kappa shape index (κ2) is 8.00. The van der Waals surface area contributed by atoms with E-state index < -0.39 is 0 Å². The fraction of sp³-hybridized carbons (Fsp3) is 0.143. The normalized spacial score (nSPS) is 10.8. The SMILES string of the molecule is Cc1nn(C)c(Oc2ccc(Cl)cc2)c1-c1noc(C)c1C(=O)Nc1ccncc1.